The molecule has 1 heterocycles. The van der Waals surface area contributed by atoms with Gasteiger partial charge >= 0.3 is 0 Å². The van der Waals surface area contributed by atoms with Crippen LogP contribution in [0.2, 0.25) is 0 Å². The van der Waals surface area contributed by atoms with Crippen LogP contribution in [0.5, 0.6) is 0 Å². The van der Waals surface area contributed by atoms with Crippen LogP contribution in [0, 0.1) is 0 Å². The molecular weight excluding hydrogens is 532 g/mol. The first-order valence-corrected chi connectivity index (χ1v) is 14.9. The molecule has 0 spiro atoms. The number of nitrogens with zero attached hydrogens (tertiary/aromatic N) is 2. The fraction of sp³-hybridized carbons (Fsp3) is 0. The van der Waals surface area contributed by atoms with Gasteiger partial charge in [0.25, 0.3) is 0 Å². The lowest BCUT2D eigenvalue weighted by molar-refractivity contribution is 1.19. The number of hydrogen-bond donors (Lipinski definition) is 0. The van der Waals surface area contributed by atoms with E-state index >= 15 is 0 Å². The zero-order valence-electron chi connectivity index (χ0n) is 24.1. The fourth-order valence-electron chi connectivity index (χ4n) is 6.16. The van der Waals surface area contributed by atoms with Gasteiger partial charge in [0.2, 0.25) is 0 Å². The Hall–Kier alpha value is -5.86. The molecule has 0 bridgehead atoms. The molecule has 0 N–H and O–H groups in total. The predicted molar refractivity (Wildman–Crippen MR) is 184 cm³/mol. The molecule has 8 rings (SSSR count). The topological polar surface area (TPSA) is 25.8 Å². The maximum Gasteiger partial charge on any atom is 0.160 e. The lowest BCUT2D eigenvalue weighted by atomic mass is 9.90. The summed E-state index contributed by atoms with van der Waals surface area (Å²) in [5, 5.41) is 4.75. The highest BCUT2D eigenvalue weighted by molar-refractivity contribution is 6.05. The minimum absolute atomic E-state index is 0.708. The highest BCUT2D eigenvalue weighted by Crippen LogP contribution is 2.40. The van der Waals surface area contributed by atoms with Gasteiger partial charge in [-0.2, -0.15) is 0 Å². The summed E-state index contributed by atoms with van der Waals surface area (Å²) in [6.45, 7) is 0. The van der Waals surface area contributed by atoms with Gasteiger partial charge in [-0.1, -0.05) is 152 Å². The number of hydrogen-bond acceptors (Lipinski definition) is 2. The Morgan fingerprint density at radius 3 is 1.57 bits per heavy atom. The maximum atomic E-state index is 5.24. The molecule has 0 unspecified atom stereocenters. The van der Waals surface area contributed by atoms with Crippen molar-refractivity contribution in [1.29, 1.82) is 0 Å². The average molecular weight is 561 g/mol. The highest BCUT2D eigenvalue weighted by Gasteiger charge is 2.18. The van der Waals surface area contributed by atoms with E-state index in [1.54, 1.807) is 0 Å². The summed E-state index contributed by atoms with van der Waals surface area (Å²) >= 11 is 0. The van der Waals surface area contributed by atoms with Gasteiger partial charge in [-0.05, 0) is 62.0 Å². The third kappa shape index (κ3) is 4.73. The van der Waals surface area contributed by atoms with Crippen molar-refractivity contribution < 1.29 is 0 Å². The molecule has 0 radical (unpaired) electrons. The molecule has 2 nitrogen and oxygen atoms in total. The molecule has 0 fully saturated rings. The third-order valence-corrected chi connectivity index (χ3v) is 8.27. The van der Waals surface area contributed by atoms with Crippen LogP contribution in [0.3, 0.4) is 0 Å². The second-order valence-corrected chi connectivity index (χ2v) is 11.0. The van der Waals surface area contributed by atoms with E-state index in [-0.39, 0.29) is 0 Å². The first-order chi connectivity index (χ1) is 21.8. The van der Waals surface area contributed by atoms with Gasteiger partial charge in [0.15, 0.2) is 5.82 Å². The molecule has 206 valence electrons. The van der Waals surface area contributed by atoms with Crippen molar-refractivity contribution >= 4 is 21.5 Å². The molecule has 8 aromatic rings. The number of rotatable bonds is 5. The number of aromatic nitrogens is 2. The minimum Gasteiger partial charge on any atom is -0.228 e. The summed E-state index contributed by atoms with van der Waals surface area (Å²) in [4.78, 5) is 10.5. The average Bonchev–Trinajstić information content (AvgIpc) is 3.11. The molecule has 0 saturated heterocycles. The van der Waals surface area contributed by atoms with Crippen molar-refractivity contribution in [2.24, 2.45) is 0 Å². The van der Waals surface area contributed by atoms with Crippen molar-refractivity contribution in [3.05, 3.63) is 170 Å². The smallest absolute Gasteiger partial charge is 0.160 e. The SMILES string of the molecule is c1ccc(-c2cc(-c3cc(-c4ccc5ccccc5c4-c4ccccc4)nc(-c4ccccc4)n3)c3ccccc3c2)cc1. The molecule has 44 heavy (non-hydrogen) atoms. The Kier molecular flexibility index (Phi) is 6.51. The summed E-state index contributed by atoms with van der Waals surface area (Å²) < 4.78 is 0. The Morgan fingerprint density at radius 1 is 0.318 bits per heavy atom. The molecule has 2 heteroatoms. The maximum absolute atomic E-state index is 5.24. The van der Waals surface area contributed by atoms with Gasteiger partial charge in [-0.25, -0.2) is 9.97 Å². The van der Waals surface area contributed by atoms with Gasteiger partial charge < -0.3 is 0 Å². The molecule has 1 aromatic heterocycles. The summed E-state index contributed by atoms with van der Waals surface area (Å²) in [5.41, 5.74) is 9.63. The fourth-order valence-corrected chi connectivity index (χ4v) is 6.16. The van der Waals surface area contributed by atoms with Gasteiger partial charge in [-0.3, -0.25) is 0 Å². The Balaban J connectivity index is 1.44. The van der Waals surface area contributed by atoms with Crippen LogP contribution in [0.1, 0.15) is 0 Å². The van der Waals surface area contributed by atoms with Crippen molar-refractivity contribution in [2.45, 2.75) is 0 Å². The Labute approximate surface area is 257 Å². The predicted octanol–water partition coefficient (Wildman–Crippen LogP) is 11.1. The minimum atomic E-state index is 0.708. The van der Waals surface area contributed by atoms with E-state index in [9.17, 15) is 0 Å². The molecule has 0 aliphatic heterocycles. The van der Waals surface area contributed by atoms with E-state index in [0.717, 1.165) is 44.6 Å². The van der Waals surface area contributed by atoms with Gasteiger partial charge in [0.1, 0.15) is 0 Å². The molecule has 0 aliphatic carbocycles. The lowest BCUT2D eigenvalue weighted by Crippen LogP contribution is -1.98. The summed E-state index contributed by atoms with van der Waals surface area (Å²) in [6.07, 6.45) is 0. The lowest BCUT2D eigenvalue weighted by Gasteiger charge is -2.16. The standard InChI is InChI=1S/C42H28N2/c1-4-14-29(15-5-1)34-26-33-21-11-12-22-35(33)38(27-34)40-28-39(43-42(44-40)32-19-8-3-9-20-32)37-25-24-30-16-10-13-23-36(30)41(37)31-17-6-2-7-18-31/h1-28H. The highest BCUT2D eigenvalue weighted by atomic mass is 14.9. The van der Waals surface area contributed by atoms with E-state index in [2.05, 4.69) is 152 Å². The Bertz CT molecular complexity index is 2260. The molecule has 7 aromatic carbocycles. The summed E-state index contributed by atoms with van der Waals surface area (Å²) in [7, 11) is 0. The number of fused-ring (bicyclic) bond motifs is 2. The molecule has 0 atom stereocenters. The molecule has 0 saturated carbocycles. The zero-order valence-corrected chi connectivity index (χ0v) is 24.1. The van der Waals surface area contributed by atoms with E-state index in [1.807, 2.05) is 18.2 Å². The zero-order chi connectivity index (χ0) is 29.3. The quantitative estimate of drug-likeness (QED) is 0.209. The van der Waals surface area contributed by atoms with Crippen LogP contribution >= 0.6 is 0 Å². The summed E-state index contributed by atoms with van der Waals surface area (Å²) in [5.74, 6) is 0.708. The van der Waals surface area contributed by atoms with Crippen LogP contribution in [0.25, 0.3) is 77.7 Å². The summed E-state index contributed by atoms with van der Waals surface area (Å²) in [6, 6.07) is 59.8. The van der Waals surface area contributed by atoms with E-state index in [4.69, 9.17) is 9.97 Å². The van der Waals surface area contributed by atoms with Crippen LogP contribution < -0.4 is 0 Å². The normalized spacial score (nSPS) is 11.2. The Morgan fingerprint density at radius 2 is 0.864 bits per heavy atom. The van der Waals surface area contributed by atoms with Gasteiger partial charge in [-0.15, -0.1) is 0 Å². The van der Waals surface area contributed by atoms with Crippen molar-refractivity contribution in [3.63, 3.8) is 0 Å². The third-order valence-electron chi connectivity index (χ3n) is 8.27. The van der Waals surface area contributed by atoms with E-state index < -0.39 is 0 Å². The molecular formula is C42H28N2. The van der Waals surface area contributed by atoms with Crippen molar-refractivity contribution in [2.75, 3.05) is 0 Å². The second kappa shape index (κ2) is 11.1. The van der Waals surface area contributed by atoms with Crippen LogP contribution in [0.4, 0.5) is 0 Å². The van der Waals surface area contributed by atoms with E-state index in [1.165, 1.54) is 27.3 Å². The van der Waals surface area contributed by atoms with Crippen molar-refractivity contribution in [3.8, 4) is 56.2 Å². The van der Waals surface area contributed by atoms with Crippen LogP contribution in [-0.4, -0.2) is 9.97 Å². The van der Waals surface area contributed by atoms with Gasteiger partial charge in [0, 0.05) is 16.7 Å². The molecule has 0 aliphatic rings. The second-order valence-electron chi connectivity index (χ2n) is 11.0. The van der Waals surface area contributed by atoms with Crippen molar-refractivity contribution in [1.82, 2.24) is 9.97 Å². The largest absolute Gasteiger partial charge is 0.228 e. The van der Waals surface area contributed by atoms with Gasteiger partial charge in [0.05, 0.1) is 11.4 Å². The van der Waals surface area contributed by atoms with Crippen LogP contribution in [-0.2, 0) is 0 Å². The number of benzene rings is 7. The first-order valence-electron chi connectivity index (χ1n) is 14.9. The molecule has 0 amide bonds. The first kappa shape index (κ1) is 25.8. The van der Waals surface area contributed by atoms with Crippen LogP contribution in [0.15, 0.2) is 170 Å². The monoisotopic (exact) mass is 560 g/mol. The van der Waals surface area contributed by atoms with E-state index in [0.29, 0.717) is 5.82 Å².